The lowest BCUT2D eigenvalue weighted by Gasteiger charge is -2.24. The van der Waals surface area contributed by atoms with Gasteiger partial charge in [0.1, 0.15) is 11.9 Å². The fraction of sp³-hybridized carbons (Fsp3) is 0.500. The summed E-state index contributed by atoms with van der Waals surface area (Å²) in [4.78, 5) is 22.7. The van der Waals surface area contributed by atoms with Crippen LogP contribution in [0.5, 0.6) is 5.75 Å². The van der Waals surface area contributed by atoms with Crippen molar-refractivity contribution in [3.8, 4) is 5.75 Å². The van der Waals surface area contributed by atoms with Crippen LogP contribution in [0.2, 0.25) is 0 Å². The Labute approximate surface area is 147 Å². The molecule has 1 aliphatic rings. The Hall–Kier alpha value is -1.83. The van der Waals surface area contributed by atoms with E-state index >= 15 is 0 Å². The van der Waals surface area contributed by atoms with Crippen molar-refractivity contribution >= 4 is 29.9 Å². The van der Waals surface area contributed by atoms with Crippen LogP contribution in [0.1, 0.15) is 18.4 Å². The van der Waals surface area contributed by atoms with Gasteiger partial charge in [0.25, 0.3) is 0 Å². The predicted octanol–water partition coefficient (Wildman–Crippen LogP) is 0.988. The zero-order chi connectivity index (χ0) is 16.7. The van der Waals surface area contributed by atoms with E-state index in [9.17, 15) is 9.59 Å². The molecule has 0 bridgehead atoms. The van der Waals surface area contributed by atoms with Gasteiger partial charge in [0, 0.05) is 18.5 Å². The highest BCUT2D eigenvalue weighted by Crippen LogP contribution is 2.25. The Bertz CT molecular complexity index is 562. The van der Waals surface area contributed by atoms with Crippen molar-refractivity contribution in [2.45, 2.75) is 25.9 Å². The Morgan fingerprint density at radius 1 is 1.29 bits per heavy atom. The summed E-state index contributed by atoms with van der Waals surface area (Å²) in [5.41, 5.74) is 6.76. The third-order valence-corrected chi connectivity index (χ3v) is 3.55. The maximum absolute atomic E-state index is 11.7. The van der Waals surface area contributed by atoms with Gasteiger partial charge in [-0.05, 0) is 30.7 Å². The number of rotatable bonds is 6. The molecule has 1 aromatic carbocycles. The molecule has 0 radical (unpaired) electrons. The number of hydrogen-bond acceptors (Lipinski definition) is 5. The second-order valence-electron chi connectivity index (χ2n) is 5.44. The molecule has 8 heteroatoms. The lowest BCUT2D eigenvalue weighted by atomic mass is 10.1. The first-order valence-electron chi connectivity index (χ1n) is 7.70. The minimum absolute atomic E-state index is 0. The quantitative estimate of drug-likeness (QED) is 0.704. The lowest BCUT2D eigenvalue weighted by Crippen LogP contribution is -2.36. The van der Waals surface area contributed by atoms with E-state index in [4.69, 9.17) is 15.2 Å². The monoisotopic (exact) mass is 357 g/mol. The average Bonchev–Trinajstić information content (AvgIpc) is 2.56. The lowest BCUT2D eigenvalue weighted by molar-refractivity contribution is -0.123. The molecule has 24 heavy (non-hydrogen) atoms. The summed E-state index contributed by atoms with van der Waals surface area (Å²) in [5, 5.41) is 5.14. The molecule has 1 aliphatic heterocycles. The molecule has 1 fully saturated rings. The number of amides is 2. The third kappa shape index (κ3) is 6.35. The van der Waals surface area contributed by atoms with E-state index in [1.165, 1.54) is 0 Å². The van der Waals surface area contributed by atoms with E-state index in [-0.39, 0.29) is 43.4 Å². The number of hydrogen-bond donors (Lipinski definition) is 3. The van der Waals surface area contributed by atoms with E-state index < -0.39 is 0 Å². The normalized spacial score (nSPS) is 14.4. The summed E-state index contributed by atoms with van der Waals surface area (Å²) in [6.45, 7) is 3.15. The molecule has 1 aromatic rings. The standard InChI is InChI=1S/C16H23N3O4.ClH/c1-11-8-12(19-16(21)10-18-15(20)9-17)2-3-14(11)23-13-4-6-22-7-5-13;/h2-3,8,13H,4-7,9-10,17H2,1H3,(H,18,20)(H,19,21);1H. The van der Waals surface area contributed by atoms with Crippen molar-refractivity contribution in [2.24, 2.45) is 5.73 Å². The van der Waals surface area contributed by atoms with E-state index in [1.807, 2.05) is 19.1 Å². The summed E-state index contributed by atoms with van der Waals surface area (Å²) < 4.78 is 11.3. The number of nitrogens with two attached hydrogens (primary N) is 1. The molecule has 7 nitrogen and oxygen atoms in total. The smallest absolute Gasteiger partial charge is 0.243 e. The van der Waals surface area contributed by atoms with Gasteiger partial charge in [-0.15, -0.1) is 12.4 Å². The highest BCUT2D eigenvalue weighted by Gasteiger charge is 2.16. The minimum Gasteiger partial charge on any atom is -0.490 e. The van der Waals surface area contributed by atoms with Crippen LogP contribution in [0.3, 0.4) is 0 Å². The maximum Gasteiger partial charge on any atom is 0.243 e. The van der Waals surface area contributed by atoms with Gasteiger partial charge in [-0.2, -0.15) is 0 Å². The van der Waals surface area contributed by atoms with Gasteiger partial charge in [-0.3, -0.25) is 9.59 Å². The van der Waals surface area contributed by atoms with Crippen LogP contribution < -0.4 is 21.1 Å². The van der Waals surface area contributed by atoms with Crippen LogP contribution in [0.15, 0.2) is 18.2 Å². The highest BCUT2D eigenvalue weighted by atomic mass is 35.5. The minimum atomic E-state index is -0.364. The van der Waals surface area contributed by atoms with Crippen molar-refractivity contribution in [3.63, 3.8) is 0 Å². The van der Waals surface area contributed by atoms with Gasteiger partial charge in [0.15, 0.2) is 0 Å². The van der Waals surface area contributed by atoms with Gasteiger partial charge in [-0.1, -0.05) is 0 Å². The number of aryl methyl sites for hydroxylation is 1. The number of benzene rings is 1. The Balaban J connectivity index is 0.00000288. The maximum atomic E-state index is 11.7. The fourth-order valence-corrected chi connectivity index (χ4v) is 2.29. The molecular formula is C16H24ClN3O4. The Kier molecular flexibility index (Phi) is 8.53. The summed E-state index contributed by atoms with van der Waals surface area (Å²) in [6.07, 6.45) is 1.95. The van der Waals surface area contributed by atoms with Crippen LogP contribution in [0.4, 0.5) is 5.69 Å². The topological polar surface area (TPSA) is 103 Å². The largest absolute Gasteiger partial charge is 0.490 e. The van der Waals surface area contributed by atoms with Crippen LogP contribution in [-0.4, -0.2) is 44.2 Å². The second-order valence-corrected chi connectivity index (χ2v) is 5.44. The molecule has 4 N–H and O–H groups in total. The molecular weight excluding hydrogens is 334 g/mol. The summed E-state index contributed by atoms with van der Waals surface area (Å²) >= 11 is 0. The number of halogens is 1. The average molecular weight is 358 g/mol. The van der Waals surface area contributed by atoms with E-state index in [2.05, 4.69) is 10.6 Å². The second kappa shape index (κ2) is 10.1. The molecule has 2 rings (SSSR count). The molecule has 2 amide bonds. The van der Waals surface area contributed by atoms with Crippen LogP contribution in [0.25, 0.3) is 0 Å². The molecule has 1 heterocycles. The van der Waals surface area contributed by atoms with Gasteiger partial charge in [-0.25, -0.2) is 0 Å². The molecule has 0 unspecified atom stereocenters. The van der Waals surface area contributed by atoms with Crippen molar-refractivity contribution in [3.05, 3.63) is 23.8 Å². The van der Waals surface area contributed by atoms with Gasteiger partial charge in [0.2, 0.25) is 11.8 Å². The van der Waals surface area contributed by atoms with Gasteiger partial charge >= 0.3 is 0 Å². The van der Waals surface area contributed by atoms with Crippen LogP contribution >= 0.6 is 12.4 Å². The summed E-state index contributed by atoms with van der Waals surface area (Å²) in [5.74, 6) is 0.146. The molecule has 0 spiro atoms. The highest BCUT2D eigenvalue weighted by molar-refractivity contribution is 5.94. The SMILES string of the molecule is Cc1cc(NC(=O)CNC(=O)CN)ccc1OC1CCOCC1.Cl. The zero-order valence-corrected chi connectivity index (χ0v) is 14.5. The molecule has 1 saturated heterocycles. The summed E-state index contributed by atoms with van der Waals surface area (Å²) in [7, 11) is 0. The molecule has 0 aliphatic carbocycles. The van der Waals surface area contributed by atoms with E-state index in [0.717, 1.165) is 37.4 Å². The van der Waals surface area contributed by atoms with Gasteiger partial charge < -0.3 is 25.8 Å². The Morgan fingerprint density at radius 2 is 2.00 bits per heavy atom. The number of carbonyl (C=O) groups is 2. The number of ether oxygens (including phenoxy) is 2. The van der Waals surface area contributed by atoms with Crippen molar-refractivity contribution in [1.82, 2.24) is 5.32 Å². The van der Waals surface area contributed by atoms with E-state index in [0.29, 0.717) is 5.69 Å². The zero-order valence-electron chi connectivity index (χ0n) is 13.7. The predicted molar refractivity (Wildman–Crippen MR) is 93.6 cm³/mol. The molecule has 0 saturated carbocycles. The molecule has 0 atom stereocenters. The Morgan fingerprint density at radius 3 is 2.62 bits per heavy atom. The van der Waals surface area contributed by atoms with Crippen molar-refractivity contribution in [2.75, 3.05) is 31.6 Å². The number of anilines is 1. The van der Waals surface area contributed by atoms with E-state index in [1.54, 1.807) is 6.07 Å². The number of nitrogens with one attached hydrogen (secondary N) is 2. The first-order chi connectivity index (χ1) is 11.1. The molecule has 0 aromatic heterocycles. The van der Waals surface area contributed by atoms with Crippen molar-refractivity contribution in [1.29, 1.82) is 0 Å². The first kappa shape index (κ1) is 20.2. The number of carbonyl (C=O) groups excluding carboxylic acids is 2. The van der Waals surface area contributed by atoms with Crippen molar-refractivity contribution < 1.29 is 19.1 Å². The van der Waals surface area contributed by atoms with Gasteiger partial charge in [0.05, 0.1) is 26.3 Å². The van der Waals surface area contributed by atoms with Crippen LogP contribution in [0, 0.1) is 6.92 Å². The summed E-state index contributed by atoms with van der Waals surface area (Å²) in [6, 6.07) is 5.47. The first-order valence-corrected chi connectivity index (χ1v) is 7.70. The third-order valence-electron chi connectivity index (χ3n) is 3.55. The fourth-order valence-electron chi connectivity index (χ4n) is 2.29. The molecule has 134 valence electrons. The van der Waals surface area contributed by atoms with Crippen LogP contribution in [-0.2, 0) is 14.3 Å².